The third kappa shape index (κ3) is 5.30. The summed E-state index contributed by atoms with van der Waals surface area (Å²) in [4.78, 5) is 26.5. The Morgan fingerprint density at radius 1 is 1.12 bits per heavy atom. The van der Waals surface area contributed by atoms with Crippen molar-refractivity contribution in [3.8, 4) is 11.4 Å². The molecule has 33 heavy (non-hydrogen) atoms. The van der Waals surface area contributed by atoms with Crippen molar-refractivity contribution in [2.24, 2.45) is 7.05 Å². The molecule has 0 fully saturated rings. The average Bonchev–Trinajstić information content (AvgIpc) is 3.32. The minimum absolute atomic E-state index is 0.170. The van der Waals surface area contributed by atoms with Gasteiger partial charge < -0.3 is 14.6 Å². The summed E-state index contributed by atoms with van der Waals surface area (Å²) < 4.78 is 6.93. The van der Waals surface area contributed by atoms with Gasteiger partial charge in [0, 0.05) is 17.5 Å². The summed E-state index contributed by atoms with van der Waals surface area (Å²) in [5, 5.41) is 12.8. The molecular formula is C24H28N4O3S2. The number of nitrogens with zero attached hydrogens (tertiary/aromatic N) is 3. The molecule has 1 aromatic carbocycles. The first-order chi connectivity index (χ1) is 16.0. The molecule has 0 saturated heterocycles. The van der Waals surface area contributed by atoms with Gasteiger partial charge in [0.15, 0.2) is 11.0 Å². The maximum atomic E-state index is 12.8. The van der Waals surface area contributed by atoms with E-state index in [2.05, 4.69) is 15.5 Å². The summed E-state index contributed by atoms with van der Waals surface area (Å²) in [6.07, 6.45) is 6.30. The minimum Gasteiger partial charge on any atom is -0.465 e. The highest BCUT2D eigenvalue weighted by molar-refractivity contribution is 7.99. The molecule has 174 valence electrons. The van der Waals surface area contributed by atoms with Crippen LogP contribution in [0.5, 0.6) is 0 Å². The van der Waals surface area contributed by atoms with Crippen molar-refractivity contribution in [1.82, 2.24) is 14.8 Å². The van der Waals surface area contributed by atoms with Crippen molar-refractivity contribution in [3.05, 3.63) is 45.8 Å². The molecule has 0 bridgehead atoms. The number of fused-ring (bicyclic) bond motifs is 1. The normalized spacial score (nSPS) is 13.7. The van der Waals surface area contributed by atoms with E-state index >= 15 is 0 Å². The van der Waals surface area contributed by atoms with Gasteiger partial charge in [-0.15, -0.1) is 21.5 Å². The molecule has 1 amide bonds. The standard InChI is InChI=1S/C24H28N4O3S2/c1-15-10-12-16(13-11-15)21-26-27-24(28(21)2)32-14-19(29)25-22-20(23(30)31-3)17-8-6-4-5-7-9-18(17)33-22/h10-13H,4-9,14H2,1-3H3,(H,25,29). The Balaban J connectivity index is 1.47. The molecule has 9 heteroatoms. The number of thioether (sulfide) groups is 1. The number of hydrogen-bond donors (Lipinski definition) is 1. The number of benzene rings is 1. The molecule has 1 N–H and O–H groups in total. The Labute approximate surface area is 201 Å². The van der Waals surface area contributed by atoms with E-state index in [-0.39, 0.29) is 17.6 Å². The van der Waals surface area contributed by atoms with Gasteiger partial charge in [0.1, 0.15) is 5.00 Å². The third-order valence-corrected chi connectivity index (χ3v) is 8.02. The van der Waals surface area contributed by atoms with Crippen LogP contribution in [-0.4, -0.2) is 39.5 Å². The number of esters is 1. The zero-order valence-electron chi connectivity index (χ0n) is 19.1. The molecule has 1 aliphatic carbocycles. The van der Waals surface area contributed by atoms with Crippen LogP contribution in [0.4, 0.5) is 5.00 Å². The van der Waals surface area contributed by atoms with Crippen LogP contribution < -0.4 is 5.32 Å². The van der Waals surface area contributed by atoms with Crippen LogP contribution in [0, 0.1) is 6.92 Å². The number of anilines is 1. The van der Waals surface area contributed by atoms with Crippen LogP contribution in [0.1, 0.15) is 52.0 Å². The van der Waals surface area contributed by atoms with Gasteiger partial charge >= 0.3 is 5.97 Å². The van der Waals surface area contributed by atoms with Gasteiger partial charge in [-0.3, -0.25) is 4.79 Å². The van der Waals surface area contributed by atoms with Crippen molar-refractivity contribution in [1.29, 1.82) is 0 Å². The summed E-state index contributed by atoms with van der Waals surface area (Å²) >= 11 is 2.83. The molecule has 0 atom stereocenters. The largest absolute Gasteiger partial charge is 0.465 e. The van der Waals surface area contributed by atoms with Crippen molar-refractivity contribution in [3.63, 3.8) is 0 Å². The topological polar surface area (TPSA) is 86.1 Å². The zero-order chi connectivity index (χ0) is 23.4. The number of aryl methyl sites for hydroxylation is 2. The second-order valence-electron chi connectivity index (χ2n) is 8.18. The van der Waals surface area contributed by atoms with Crippen molar-refractivity contribution >= 4 is 40.0 Å². The molecule has 2 heterocycles. The van der Waals surface area contributed by atoms with E-state index in [0.717, 1.165) is 49.1 Å². The zero-order valence-corrected chi connectivity index (χ0v) is 20.8. The van der Waals surface area contributed by atoms with Crippen LogP contribution in [0.25, 0.3) is 11.4 Å². The molecule has 0 radical (unpaired) electrons. The molecule has 7 nitrogen and oxygen atoms in total. The van der Waals surface area contributed by atoms with Crippen molar-refractivity contribution in [2.75, 3.05) is 18.2 Å². The van der Waals surface area contributed by atoms with E-state index in [4.69, 9.17) is 4.74 Å². The molecule has 0 spiro atoms. The van der Waals surface area contributed by atoms with Gasteiger partial charge in [-0.05, 0) is 38.2 Å². The van der Waals surface area contributed by atoms with Crippen LogP contribution in [0.15, 0.2) is 29.4 Å². The molecule has 3 aromatic rings. The first-order valence-electron chi connectivity index (χ1n) is 11.1. The van der Waals surface area contributed by atoms with Crippen LogP contribution in [0.2, 0.25) is 0 Å². The summed E-state index contributed by atoms with van der Waals surface area (Å²) in [5.41, 5.74) is 3.73. The van der Waals surface area contributed by atoms with Crippen LogP contribution in [0.3, 0.4) is 0 Å². The third-order valence-electron chi connectivity index (χ3n) is 5.79. The number of ether oxygens (including phenoxy) is 1. The smallest absolute Gasteiger partial charge is 0.341 e. The summed E-state index contributed by atoms with van der Waals surface area (Å²) in [6.45, 7) is 2.04. The van der Waals surface area contributed by atoms with Crippen molar-refractivity contribution < 1.29 is 14.3 Å². The highest BCUT2D eigenvalue weighted by Gasteiger charge is 2.26. The number of thiophene rings is 1. The predicted octanol–water partition coefficient (Wildman–Crippen LogP) is 5.03. The van der Waals surface area contributed by atoms with E-state index in [1.54, 1.807) is 0 Å². The SMILES string of the molecule is COC(=O)c1c(NC(=O)CSc2nnc(-c3ccc(C)cc3)n2C)sc2c1CCCCCC2. The maximum Gasteiger partial charge on any atom is 0.341 e. The maximum absolute atomic E-state index is 12.8. The molecular weight excluding hydrogens is 456 g/mol. The highest BCUT2D eigenvalue weighted by atomic mass is 32.2. The first-order valence-corrected chi connectivity index (χ1v) is 12.9. The lowest BCUT2D eigenvalue weighted by Gasteiger charge is -2.11. The van der Waals surface area contributed by atoms with Gasteiger partial charge in [-0.2, -0.15) is 0 Å². The number of rotatable bonds is 6. The number of nitrogens with one attached hydrogen (secondary N) is 1. The van der Waals surface area contributed by atoms with E-state index in [0.29, 0.717) is 15.7 Å². The Morgan fingerprint density at radius 2 is 1.85 bits per heavy atom. The molecule has 0 unspecified atom stereocenters. The fourth-order valence-electron chi connectivity index (χ4n) is 4.01. The Bertz CT molecular complexity index is 1150. The quantitative estimate of drug-likeness (QED) is 0.390. The van der Waals surface area contributed by atoms with Crippen LogP contribution >= 0.6 is 23.1 Å². The Morgan fingerprint density at radius 3 is 2.58 bits per heavy atom. The van der Waals surface area contributed by atoms with E-state index in [9.17, 15) is 9.59 Å². The number of aromatic nitrogens is 3. The molecule has 4 rings (SSSR count). The first kappa shape index (κ1) is 23.5. The van der Waals surface area contributed by atoms with E-state index in [1.165, 1.54) is 47.1 Å². The Kier molecular flexibility index (Phi) is 7.49. The minimum atomic E-state index is -0.382. The van der Waals surface area contributed by atoms with Gasteiger partial charge in [-0.25, -0.2) is 4.79 Å². The molecule has 0 aliphatic heterocycles. The van der Waals surface area contributed by atoms with Gasteiger partial charge in [0.25, 0.3) is 0 Å². The lowest BCUT2D eigenvalue weighted by molar-refractivity contribution is -0.113. The summed E-state index contributed by atoms with van der Waals surface area (Å²) in [6, 6.07) is 8.09. The number of carbonyl (C=O) groups excluding carboxylic acids is 2. The van der Waals surface area contributed by atoms with Gasteiger partial charge in [0.05, 0.1) is 18.4 Å². The lowest BCUT2D eigenvalue weighted by Crippen LogP contribution is -2.16. The van der Waals surface area contributed by atoms with Crippen LogP contribution in [-0.2, 0) is 29.4 Å². The second-order valence-corrected chi connectivity index (χ2v) is 10.2. The number of amides is 1. The second kappa shape index (κ2) is 10.5. The van der Waals surface area contributed by atoms with Gasteiger partial charge in [0.2, 0.25) is 5.91 Å². The number of methoxy groups -OCH3 is 1. The molecule has 1 aliphatic rings. The highest BCUT2D eigenvalue weighted by Crippen LogP contribution is 2.37. The monoisotopic (exact) mass is 484 g/mol. The summed E-state index contributed by atoms with van der Waals surface area (Å²) in [7, 11) is 3.28. The fourth-order valence-corrected chi connectivity index (χ4v) is 6.02. The summed E-state index contributed by atoms with van der Waals surface area (Å²) in [5.74, 6) is 0.360. The molecule has 2 aromatic heterocycles. The van der Waals surface area contributed by atoms with E-state index < -0.39 is 0 Å². The predicted molar refractivity (Wildman–Crippen MR) is 132 cm³/mol. The average molecular weight is 485 g/mol. The Hall–Kier alpha value is -2.65. The fraction of sp³-hybridized carbons (Fsp3) is 0.417. The molecule has 0 saturated carbocycles. The van der Waals surface area contributed by atoms with Crippen molar-refractivity contribution in [2.45, 2.75) is 50.6 Å². The number of carbonyl (C=O) groups is 2. The van der Waals surface area contributed by atoms with E-state index in [1.807, 2.05) is 42.8 Å². The lowest BCUT2D eigenvalue weighted by atomic mass is 9.96. The van der Waals surface area contributed by atoms with Gasteiger partial charge in [-0.1, -0.05) is 54.4 Å². The number of hydrogen-bond acceptors (Lipinski definition) is 7.